The van der Waals surface area contributed by atoms with Gasteiger partial charge in [-0.25, -0.2) is 4.98 Å². The summed E-state index contributed by atoms with van der Waals surface area (Å²) in [5, 5.41) is 2.84. The van der Waals surface area contributed by atoms with Gasteiger partial charge in [0, 0.05) is 6.20 Å². The SMILES string of the molecule is CCOc1ccccc1Nc1ncc(C(F)(F)F)c(OCC)n1. The highest BCUT2D eigenvalue weighted by Crippen LogP contribution is 2.35. The molecule has 0 saturated carbocycles. The van der Waals surface area contributed by atoms with E-state index in [0.29, 0.717) is 24.2 Å². The van der Waals surface area contributed by atoms with Crippen LogP contribution in [-0.4, -0.2) is 23.2 Å². The molecule has 0 radical (unpaired) electrons. The Labute approximate surface area is 131 Å². The van der Waals surface area contributed by atoms with Crippen molar-refractivity contribution >= 4 is 11.6 Å². The van der Waals surface area contributed by atoms with Crippen molar-refractivity contribution in [2.75, 3.05) is 18.5 Å². The minimum Gasteiger partial charge on any atom is -0.492 e. The van der Waals surface area contributed by atoms with Crippen molar-refractivity contribution in [3.05, 3.63) is 36.0 Å². The van der Waals surface area contributed by atoms with Crippen LogP contribution >= 0.6 is 0 Å². The average Bonchev–Trinajstić information content (AvgIpc) is 2.49. The molecule has 0 aliphatic carbocycles. The maximum Gasteiger partial charge on any atom is 0.423 e. The van der Waals surface area contributed by atoms with Gasteiger partial charge in [0.2, 0.25) is 11.8 Å². The zero-order chi connectivity index (χ0) is 16.9. The fourth-order valence-corrected chi connectivity index (χ4v) is 1.84. The molecule has 0 spiro atoms. The summed E-state index contributed by atoms with van der Waals surface area (Å²) in [5.74, 6) is 0.0384. The quantitative estimate of drug-likeness (QED) is 0.868. The summed E-state index contributed by atoms with van der Waals surface area (Å²) in [6.45, 7) is 3.93. The topological polar surface area (TPSA) is 56.3 Å². The number of ether oxygens (including phenoxy) is 2. The van der Waals surface area contributed by atoms with Gasteiger partial charge in [-0.2, -0.15) is 18.2 Å². The van der Waals surface area contributed by atoms with Crippen LogP contribution in [0.3, 0.4) is 0 Å². The molecule has 0 saturated heterocycles. The van der Waals surface area contributed by atoms with Gasteiger partial charge in [-0.05, 0) is 26.0 Å². The van der Waals surface area contributed by atoms with E-state index in [4.69, 9.17) is 9.47 Å². The normalized spacial score (nSPS) is 11.2. The van der Waals surface area contributed by atoms with E-state index < -0.39 is 17.6 Å². The highest BCUT2D eigenvalue weighted by atomic mass is 19.4. The maximum absolute atomic E-state index is 12.9. The number of benzene rings is 1. The molecule has 0 bridgehead atoms. The minimum atomic E-state index is -4.58. The van der Waals surface area contributed by atoms with Crippen molar-refractivity contribution in [1.29, 1.82) is 0 Å². The molecule has 0 amide bonds. The number of hydrogen-bond donors (Lipinski definition) is 1. The van der Waals surface area contributed by atoms with Gasteiger partial charge < -0.3 is 14.8 Å². The van der Waals surface area contributed by atoms with Gasteiger partial charge in [0.05, 0.1) is 18.9 Å². The average molecular weight is 327 g/mol. The van der Waals surface area contributed by atoms with E-state index in [1.54, 1.807) is 31.2 Å². The van der Waals surface area contributed by atoms with Crippen molar-refractivity contribution in [2.45, 2.75) is 20.0 Å². The third-order valence-corrected chi connectivity index (χ3v) is 2.77. The van der Waals surface area contributed by atoms with E-state index in [1.807, 2.05) is 6.92 Å². The van der Waals surface area contributed by atoms with Crippen molar-refractivity contribution in [3.63, 3.8) is 0 Å². The van der Waals surface area contributed by atoms with Crippen molar-refractivity contribution < 1.29 is 22.6 Å². The molecular formula is C15H16F3N3O2. The summed E-state index contributed by atoms with van der Waals surface area (Å²) >= 11 is 0. The van der Waals surface area contributed by atoms with E-state index in [0.717, 1.165) is 0 Å². The van der Waals surface area contributed by atoms with Crippen LogP contribution < -0.4 is 14.8 Å². The molecule has 8 heteroatoms. The fraction of sp³-hybridized carbons (Fsp3) is 0.333. The molecule has 124 valence electrons. The lowest BCUT2D eigenvalue weighted by molar-refractivity contribution is -0.139. The Morgan fingerprint density at radius 2 is 1.78 bits per heavy atom. The number of anilines is 2. The molecular weight excluding hydrogens is 311 g/mol. The molecule has 1 heterocycles. The lowest BCUT2D eigenvalue weighted by Crippen LogP contribution is -2.12. The lowest BCUT2D eigenvalue weighted by atomic mass is 10.3. The molecule has 2 aromatic rings. The number of para-hydroxylation sites is 2. The molecule has 1 aromatic heterocycles. The Morgan fingerprint density at radius 3 is 2.43 bits per heavy atom. The summed E-state index contributed by atoms with van der Waals surface area (Å²) in [4.78, 5) is 7.51. The van der Waals surface area contributed by atoms with Crippen LogP contribution in [0.25, 0.3) is 0 Å². The van der Waals surface area contributed by atoms with E-state index in [2.05, 4.69) is 15.3 Å². The Kier molecular flexibility index (Phi) is 5.25. The first kappa shape index (κ1) is 16.9. The van der Waals surface area contributed by atoms with Gasteiger partial charge in [-0.1, -0.05) is 12.1 Å². The summed E-state index contributed by atoms with van der Waals surface area (Å²) in [7, 11) is 0. The Morgan fingerprint density at radius 1 is 1.09 bits per heavy atom. The van der Waals surface area contributed by atoms with Crippen LogP contribution in [0.2, 0.25) is 0 Å². The van der Waals surface area contributed by atoms with Crippen LogP contribution in [0, 0.1) is 0 Å². The molecule has 0 aliphatic rings. The number of aromatic nitrogens is 2. The van der Waals surface area contributed by atoms with Crippen LogP contribution in [0.15, 0.2) is 30.5 Å². The summed E-state index contributed by atoms with van der Waals surface area (Å²) in [6.07, 6.45) is -3.88. The monoisotopic (exact) mass is 327 g/mol. The molecule has 2 rings (SSSR count). The molecule has 23 heavy (non-hydrogen) atoms. The highest BCUT2D eigenvalue weighted by molar-refractivity contribution is 5.62. The van der Waals surface area contributed by atoms with Crippen LogP contribution in [0.4, 0.5) is 24.8 Å². The largest absolute Gasteiger partial charge is 0.492 e. The number of nitrogens with zero attached hydrogens (tertiary/aromatic N) is 2. The Balaban J connectivity index is 2.33. The van der Waals surface area contributed by atoms with Crippen LogP contribution in [0.1, 0.15) is 19.4 Å². The van der Waals surface area contributed by atoms with E-state index in [9.17, 15) is 13.2 Å². The van der Waals surface area contributed by atoms with Gasteiger partial charge in [-0.3, -0.25) is 0 Å². The third-order valence-electron chi connectivity index (χ3n) is 2.77. The number of alkyl halides is 3. The van der Waals surface area contributed by atoms with Gasteiger partial charge in [0.15, 0.2) is 0 Å². The van der Waals surface area contributed by atoms with Crippen molar-refractivity contribution in [1.82, 2.24) is 9.97 Å². The second-order valence-corrected chi connectivity index (χ2v) is 4.40. The van der Waals surface area contributed by atoms with Crippen LogP contribution in [0.5, 0.6) is 11.6 Å². The van der Waals surface area contributed by atoms with Crippen molar-refractivity contribution in [2.24, 2.45) is 0 Å². The molecule has 0 atom stereocenters. The number of nitrogens with one attached hydrogen (secondary N) is 1. The Hall–Kier alpha value is -2.51. The number of rotatable bonds is 6. The summed E-state index contributed by atoms with van der Waals surface area (Å²) in [6, 6.07) is 7.00. The predicted molar refractivity (Wildman–Crippen MR) is 79.1 cm³/mol. The molecule has 1 N–H and O–H groups in total. The highest BCUT2D eigenvalue weighted by Gasteiger charge is 2.36. The molecule has 0 unspecified atom stereocenters. The minimum absolute atomic E-state index is 0.00592. The van der Waals surface area contributed by atoms with Gasteiger partial charge in [0.25, 0.3) is 0 Å². The zero-order valence-corrected chi connectivity index (χ0v) is 12.6. The molecule has 0 aliphatic heterocycles. The fourth-order valence-electron chi connectivity index (χ4n) is 1.84. The first-order valence-corrected chi connectivity index (χ1v) is 7.01. The zero-order valence-electron chi connectivity index (χ0n) is 12.6. The first-order chi connectivity index (χ1) is 11.0. The molecule has 0 fully saturated rings. The van der Waals surface area contributed by atoms with E-state index in [-0.39, 0.29) is 12.6 Å². The molecule has 5 nitrogen and oxygen atoms in total. The van der Waals surface area contributed by atoms with Gasteiger partial charge in [0.1, 0.15) is 11.3 Å². The van der Waals surface area contributed by atoms with E-state index >= 15 is 0 Å². The summed E-state index contributed by atoms with van der Waals surface area (Å²) < 4.78 is 49.1. The lowest BCUT2D eigenvalue weighted by Gasteiger charge is -2.14. The predicted octanol–water partition coefficient (Wildman–Crippen LogP) is 4.04. The maximum atomic E-state index is 12.9. The number of halogens is 3. The second kappa shape index (κ2) is 7.17. The third kappa shape index (κ3) is 4.24. The Bertz CT molecular complexity index is 663. The van der Waals surface area contributed by atoms with Gasteiger partial charge in [-0.15, -0.1) is 0 Å². The number of hydrogen-bond acceptors (Lipinski definition) is 5. The second-order valence-electron chi connectivity index (χ2n) is 4.40. The van der Waals surface area contributed by atoms with Crippen molar-refractivity contribution in [3.8, 4) is 11.6 Å². The smallest absolute Gasteiger partial charge is 0.423 e. The van der Waals surface area contributed by atoms with Crippen LogP contribution in [-0.2, 0) is 6.18 Å². The summed E-state index contributed by atoms with van der Waals surface area (Å²) in [5.41, 5.74) is -0.459. The molecule has 1 aromatic carbocycles. The van der Waals surface area contributed by atoms with Gasteiger partial charge >= 0.3 is 6.18 Å². The van der Waals surface area contributed by atoms with E-state index in [1.165, 1.54) is 0 Å². The first-order valence-electron chi connectivity index (χ1n) is 7.01. The standard InChI is InChI=1S/C15H16F3N3O2/c1-3-22-12-8-6-5-7-11(12)20-14-19-9-10(15(16,17)18)13(21-14)23-4-2/h5-9H,3-4H2,1-2H3,(H,19,20,21).